The molecule has 0 aliphatic rings. The molecule has 3 aromatic rings. The number of aromatic amines is 1. The number of thiophene rings is 1. The van der Waals surface area contributed by atoms with Crippen LogP contribution in [0.25, 0.3) is 10.2 Å². The Kier molecular flexibility index (Phi) is 8.01. The number of benzene rings is 1. The number of nitrogens with one attached hydrogen (secondary N) is 1. The van der Waals surface area contributed by atoms with Crippen molar-refractivity contribution in [2.24, 2.45) is 0 Å². The van der Waals surface area contributed by atoms with Crippen LogP contribution in [0.2, 0.25) is 0 Å². The number of aromatic nitrogens is 2. The largest absolute Gasteiger partial charge is 0.465 e. The second-order valence-corrected chi connectivity index (χ2v) is 9.97. The summed E-state index contributed by atoms with van der Waals surface area (Å²) < 4.78 is 10.5. The number of ether oxygens (including phenoxy) is 2. The molecule has 2 heterocycles. The third-order valence-electron chi connectivity index (χ3n) is 5.02. The van der Waals surface area contributed by atoms with Gasteiger partial charge in [0, 0.05) is 13.1 Å². The van der Waals surface area contributed by atoms with Crippen molar-refractivity contribution in [3.63, 3.8) is 0 Å². The number of hydrogen-bond donors (Lipinski definition) is 2. The number of rotatable bonds is 9. The summed E-state index contributed by atoms with van der Waals surface area (Å²) >= 11 is 1.15. The molecule has 33 heavy (non-hydrogen) atoms. The Morgan fingerprint density at radius 3 is 2.58 bits per heavy atom. The number of carbonyl (C=O) groups is 1. The molecule has 0 amide bonds. The van der Waals surface area contributed by atoms with Gasteiger partial charge in [-0.3, -0.25) is 9.69 Å². The number of aliphatic hydroxyl groups is 1. The molecule has 178 valence electrons. The first-order valence-electron chi connectivity index (χ1n) is 10.8. The fourth-order valence-corrected chi connectivity index (χ4v) is 4.60. The summed E-state index contributed by atoms with van der Waals surface area (Å²) in [6.45, 7) is 8.96. The summed E-state index contributed by atoms with van der Waals surface area (Å²) in [4.78, 5) is 35.1. The van der Waals surface area contributed by atoms with Gasteiger partial charge in [-0.1, -0.05) is 30.3 Å². The smallest absolute Gasteiger partial charge is 0.348 e. The minimum absolute atomic E-state index is 0.199. The summed E-state index contributed by atoms with van der Waals surface area (Å²) in [6, 6.07) is 9.89. The third-order valence-corrected chi connectivity index (χ3v) is 6.19. The maximum atomic E-state index is 12.8. The molecule has 0 saturated carbocycles. The number of methoxy groups -OCH3 is 1. The number of aliphatic hydroxyl groups excluding tert-OH is 1. The second kappa shape index (κ2) is 10.6. The van der Waals surface area contributed by atoms with Crippen LogP contribution in [0.1, 0.15) is 47.4 Å². The van der Waals surface area contributed by atoms with Gasteiger partial charge < -0.3 is 19.6 Å². The number of fused-ring (bicyclic) bond motifs is 1. The fraction of sp³-hybridized carbons (Fsp3) is 0.458. The number of H-pyrrole nitrogens is 1. The van der Waals surface area contributed by atoms with E-state index < -0.39 is 12.1 Å². The van der Waals surface area contributed by atoms with Crippen LogP contribution < -0.4 is 5.56 Å². The predicted octanol–water partition coefficient (Wildman–Crippen LogP) is 3.26. The van der Waals surface area contributed by atoms with E-state index >= 15 is 0 Å². The fourth-order valence-electron chi connectivity index (χ4n) is 3.49. The number of aryl methyl sites for hydroxylation is 1. The predicted molar refractivity (Wildman–Crippen MR) is 129 cm³/mol. The molecule has 0 saturated heterocycles. The number of esters is 1. The molecular formula is C24H31N3O5S. The van der Waals surface area contributed by atoms with Gasteiger partial charge in [0.05, 0.1) is 37.4 Å². The standard InChI is InChI=1S/C24H31N3O5S/c1-15-19-21(29)25-18(26-22(19)33-20(15)23(30)31-5)13-27(11-16-9-7-6-8-10-16)12-17(28)14-32-24(2,3)4/h6-10,17,28H,11-14H2,1-5H3,(H,25,26,29). The summed E-state index contributed by atoms with van der Waals surface area (Å²) in [5.41, 5.74) is 0.996. The lowest BCUT2D eigenvalue weighted by Crippen LogP contribution is -2.37. The molecule has 1 aromatic carbocycles. The molecule has 0 bridgehead atoms. The van der Waals surface area contributed by atoms with Gasteiger partial charge in [0.15, 0.2) is 0 Å². The molecule has 1 atom stereocenters. The van der Waals surface area contributed by atoms with Crippen molar-refractivity contribution in [1.29, 1.82) is 0 Å². The van der Waals surface area contributed by atoms with Crippen molar-refractivity contribution < 1.29 is 19.4 Å². The van der Waals surface area contributed by atoms with Crippen molar-refractivity contribution in [2.45, 2.75) is 52.5 Å². The van der Waals surface area contributed by atoms with E-state index in [9.17, 15) is 14.7 Å². The summed E-state index contributed by atoms with van der Waals surface area (Å²) in [7, 11) is 1.31. The van der Waals surface area contributed by atoms with Gasteiger partial charge in [-0.15, -0.1) is 11.3 Å². The minimum atomic E-state index is -0.710. The molecule has 0 aliphatic carbocycles. The van der Waals surface area contributed by atoms with Crippen molar-refractivity contribution >= 4 is 27.5 Å². The van der Waals surface area contributed by atoms with Gasteiger partial charge in [0.2, 0.25) is 0 Å². The molecule has 2 aromatic heterocycles. The maximum Gasteiger partial charge on any atom is 0.348 e. The number of hydrogen-bond acceptors (Lipinski definition) is 8. The molecule has 1 unspecified atom stereocenters. The average Bonchev–Trinajstić information content (AvgIpc) is 3.08. The van der Waals surface area contributed by atoms with E-state index in [1.807, 2.05) is 56.0 Å². The normalized spacial score (nSPS) is 12.9. The lowest BCUT2D eigenvalue weighted by atomic mass is 10.2. The number of carbonyl (C=O) groups excluding carboxylic acids is 1. The zero-order valence-corrected chi connectivity index (χ0v) is 20.5. The van der Waals surface area contributed by atoms with Crippen LogP contribution in [0.5, 0.6) is 0 Å². The lowest BCUT2D eigenvalue weighted by molar-refractivity contribution is -0.0574. The molecule has 2 N–H and O–H groups in total. The van der Waals surface area contributed by atoms with Crippen LogP contribution in [0.15, 0.2) is 35.1 Å². The van der Waals surface area contributed by atoms with Gasteiger partial charge >= 0.3 is 5.97 Å². The molecule has 0 fully saturated rings. The van der Waals surface area contributed by atoms with Gasteiger partial charge in [0.1, 0.15) is 15.5 Å². The van der Waals surface area contributed by atoms with E-state index in [4.69, 9.17) is 9.47 Å². The highest BCUT2D eigenvalue weighted by Crippen LogP contribution is 2.27. The first-order chi connectivity index (χ1) is 15.6. The van der Waals surface area contributed by atoms with Crippen LogP contribution in [0.4, 0.5) is 0 Å². The third kappa shape index (κ3) is 6.70. The topological polar surface area (TPSA) is 105 Å². The van der Waals surface area contributed by atoms with E-state index in [0.717, 1.165) is 16.9 Å². The molecule has 9 heteroatoms. The highest BCUT2D eigenvalue weighted by atomic mass is 32.1. The minimum Gasteiger partial charge on any atom is -0.465 e. The highest BCUT2D eigenvalue weighted by molar-refractivity contribution is 7.20. The summed E-state index contributed by atoms with van der Waals surface area (Å²) in [5, 5.41) is 11.0. The Labute approximate surface area is 197 Å². The van der Waals surface area contributed by atoms with Crippen molar-refractivity contribution in [2.75, 3.05) is 20.3 Å². The monoisotopic (exact) mass is 473 g/mol. The quantitative estimate of drug-likeness (QED) is 0.460. The molecule has 3 rings (SSSR count). The zero-order chi connectivity index (χ0) is 24.2. The SMILES string of the molecule is COC(=O)c1sc2nc(CN(Cc3ccccc3)CC(O)COC(C)(C)C)[nH]c(=O)c2c1C. The van der Waals surface area contributed by atoms with Crippen LogP contribution >= 0.6 is 11.3 Å². The second-order valence-electron chi connectivity index (χ2n) is 8.97. The van der Waals surface area contributed by atoms with E-state index in [1.54, 1.807) is 6.92 Å². The van der Waals surface area contributed by atoms with Crippen LogP contribution in [-0.2, 0) is 22.6 Å². The van der Waals surface area contributed by atoms with E-state index in [1.165, 1.54) is 7.11 Å². The zero-order valence-electron chi connectivity index (χ0n) is 19.7. The lowest BCUT2D eigenvalue weighted by Gasteiger charge is -2.27. The Hall–Kier alpha value is -2.59. The van der Waals surface area contributed by atoms with Crippen LogP contribution in [0.3, 0.4) is 0 Å². The van der Waals surface area contributed by atoms with Gasteiger partial charge in [-0.05, 0) is 38.8 Å². The maximum absolute atomic E-state index is 12.8. The van der Waals surface area contributed by atoms with Gasteiger partial charge in [-0.25, -0.2) is 9.78 Å². The Morgan fingerprint density at radius 1 is 1.24 bits per heavy atom. The average molecular weight is 474 g/mol. The molecule has 0 aliphatic heterocycles. The van der Waals surface area contributed by atoms with Crippen molar-refractivity contribution in [3.8, 4) is 0 Å². The highest BCUT2D eigenvalue weighted by Gasteiger charge is 2.21. The molecular weight excluding hydrogens is 442 g/mol. The first-order valence-corrected chi connectivity index (χ1v) is 11.6. The van der Waals surface area contributed by atoms with Crippen molar-refractivity contribution in [1.82, 2.24) is 14.9 Å². The Bertz CT molecular complexity index is 1150. The van der Waals surface area contributed by atoms with Crippen molar-refractivity contribution in [3.05, 3.63) is 62.5 Å². The number of nitrogens with zero attached hydrogens (tertiary/aromatic N) is 2. The van der Waals surface area contributed by atoms with E-state index in [2.05, 4.69) is 9.97 Å². The summed E-state index contributed by atoms with van der Waals surface area (Å²) in [6.07, 6.45) is -0.710. The van der Waals surface area contributed by atoms with Gasteiger partial charge in [-0.2, -0.15) is 0 Å². The first kappa shape index (κ1) is 25.0. The van der Waals surface area contributed by atoms with E-state index in [-0.39, 0.29) is 17.8 Å². The Morgan fingerprint density at radius 2 is 1.94 bits per heavy atom. The van der Waals surface area contributed by atoms with Crippen LogP contribution in [0, 0.1) is 6.92 Å². The summed E-state index contributed by atoms with van der Waals surface area (Å²) in [5.74, 6) is -0.0193. The molecule has 8 nitrogen and oxygen atoms in total. The molecule has 0 spiro atoms. The van der Waals surface area contributed by atoms with Gasteiger partial charge in [0.25, 0.3) is 5.56 Å². The van der Waals surface area contributed by atoms with E-state index in [0.29, 0.717) is 46.1 Å². The Balaban J connectivity index is 1.86. The van der Waals surface area contributed by atoms with Crippen LogP contribution in [-0.4, -0.2) is 57.9 Å². The molecule has 0 radical (unpaired) electrons.